The fraction of sp³-hybridized carbons (Fsp3) is 0.130. The van der Waals surface area contributed by atoms with E-state index in [1.807, 2.05) is 5.32 Å². The number of nitrogens with one attached hydrogen (secondary N) is 2. The molecule has 0 radical (unpaired) electrons. The zero-order valence-corrected chi connectivity index (χ0v) is 20.9. The number of halogens is 8. The van der Waals surface area contributed by atoms with Gasteiger partial charge in [-0.2, -0.15) is 0 Å². The van der Waals surface area contributed by atoms with Crippen molar-refractivity contribution in [2.24, 2.45) is 5.92 Å². The fourth-order valence-electron chi connectivity index (χ4n) is 3.66. The zero-order chi connectivity index (χ0) is 25.7. The SMILES string of the molecule is O=C(Nc1c(F)cc(F)cc1F)c1cc(NC(=O)C2C(c3cc(Cl)cc(Cl)c3)C2(Cl)Cl)ccc1Cl. The minimum Gasteiger partial charge on any atom is -0.326 e. The second-order valence-corrected chi connectivity index (χ2v) is 10.4. The van der Waals surface area contributed by atoms with Crippen molar-refractivity contribution in [1.29, 1.82) is 0 Å². The van der Waals surface area contributed by atoms with Gasteiger partial charge in [-0.05, 0) is 42.0 Å². The highest BCUT2D eigenvalue weighted by atomic mass is 35.5. The molecule has 1 saturated carbocycles. The van der Waals surface area contributed by atoms with E-state index in [0.717, 1.165) is 0 Å². The van der Waals surface area contributed by atoms with Gasteiger partial charge >= 0.3 is 0 Å². The summed E-state index contributed by atoms with van der Waals surface area (Å²) in [5.74, 6) is -6.76. The standard InChI is InChI=1S/C23H12Cl5F3N2O2/c24-10-3-9(4-11(25)5-10)18-19(23(18,27)28)22(35)32-13-1-2-15(26)14(8-13)21(34)33-20-16(30)6-12(29)7-17(20)31/h1-8,18-19H,(H,32,35)(H,33,34). The lowest BCUT2D eigenvalue weighted by Crippen LogP contribution is -2.19. The lowest BCUT2D eigenvalue weighted by Gasteiger charge is -2.11. The van der Waals surface area contributed by atoms with E-state index in [1.54, 1.807) is 12.1 Å². The first-order valence-electron chi connectivity index (χ1n) is 9.78. The maximum absolute atomic E-state index is 13.9. The van der Waals surface area contributed by atoms with Gasteiger partial charge in [0.1, 0.15) is 15.8 Å². The Morgan fingerprint density at radius 3 is 2.03 bits per heavy atom. The van der Waals surface area contributed by atoms with Crippen molar-refractivity contribution in [3.63, 3.8) is 0 Å². The summed E-state index contributed by atoms with van der Waals surface area (Å²) < 4.78 is 39.5. The van der Waals surface area contributed by atoms with Crippen LogP contribution in [0.15, 0.2) is 48.5 Å². The highest BCUT2D eigenvalue weighted by Crippen LogP contribution is 2.65. The lowest BCUT2D eigenvalue weighted by atomic mass is 10.1. The highest BCUT2D eigenvalue weighted by molar-refractivity contribution is 6.53. The van der Waals surface area contributed by atoms with Crippen molar-refractivity contribution in [3.05, 3.63) is 92.2 Å². The Balaban J connectivity index is 1.53. The van der Waals surface area contributed by atoms with E-state index in [1.165, 1.54) is 24.3 Å². The van der Waals surface area contributed by atoms with E-state index in [2.05, 4.69) is 5.32 Å². The van der Waals surface area contributed by atoms with Crippen LogP contribution in [0, 0.1) is 23.4 Å². The molecule has 3 aromatic carbocycles. The van der Waals surface area contributed by atoms with E-state index in [4.69, 9.17) is 58.0 Å². The molecule has 2 N–H and O–H groups in total. The van der Waals surface area contributed by atoms with Crippen LogP contribution in [0.1, 0.15) is 21.8 Å². The van der Waals surface area contributed by atoms with E-state index in [-0.39, 0.29) is 16.3 Å². The van der Waals surface area contributed by atoms with Crippen LogP contribution in [-0.4, -0.2) is 16.1 Å². The monoisotopic (exact) mass is 580 g/mol. The minimum atomic E-state index is -1.43. The predicted molar refractivity (Wildman–Crippen MR) is 131 cm³/mol. The fourth-order valence-corrected chi connectivity index (χ4v) is 5.24. The Hall–Kier alpha value is -2.16. The molecule has 182 valence electrons. The first-order chi connectivity index (χ1) is 16.4. The van der Waals surface area contributed by atoms with Gasteiger partial charge < -0.3 is 10.6 Å². The molecule has 0 bridgehead atoms. The lowest BCUT2D eigenvalue weighted by molar-refractivity contribution is -0.117. The largest absolute Gasteiger partial charge is 0.326 e. The number of benzene rings is 3. The van der Waals surface area contributed by atoms with Crippen LogP contribution in [0.2, 0.25) is 15.1 Å². The maximum Gasteiger partial charge on any atom is 0.257 e. The van der Waals surface area contributed by atoms with Crippen LogP contribution in [0.25, 0.3) is 0 Å². The number of rotatable bonds is 5. The number of hydrogen-bond donors (Lipinski definition) is 2. The summed E-state index contributed by atoms with van der Waals surface area (Å²) in [7, 11) is 0. The second kappa shape index (κ2) is 9.71. The Morgan fingerprint density at radius 2 is 1.43 bits per heavy atom. The van der Waals surface area contributed by atoms with Gasteiger partial charge in [-0.25, -0.2) is 13.2 Å². The van der Waals surface area contributed by atoms with Gasteiger partial charge in [0.15, 0.2) is 11.6 Å². The molecule has 0 saturated heterocycles. The first-order valence-corrected chi connectivity index (χ1v) is 11.7. The van der Waals surface area contributed by atoms with Crippen LogP contribution in [0.5, 0.6) is 0 Å². The van der Waals surface area contributed by atoms with E-state index >= 15 is 0 Å². The number of hydrogen-bond acceptors (Lipinski definition) is 2. The van der Waals surface area contributed by atoms with Crippen molar-refractivity contribution in [2.45, 2.75) is 10.3 Å². The number of carbonyl (C=O) groups excluding carboxylic acids is 2. The van der Waals surface area contributed by atoms with Crippen molar-refractivity contribution in [2.75, 3.05) is 10.6 Å². The van der Waals surface area contributed by atoms with Crippen molar-refractivity contribution >= 4 is 81.2 Å². The molecular formula is C23H12Cl5F3N2O2. The van der Waals surface area contributed by atoms with Gasteiger partial charge in [0.2, 0.25) is 5.91 Å². The van der Waals surface area contributed by atoms with Crippen molar-refractivity contribution in [1.82, 2.24) is 0 Å². The van der Waals surface area contributed by atoms with E-state index < -0.39 is 51.1 Å². The minimum absolute atomic E-state index is 0.0645. The van der Waals surface area contributed by atoms with E-state index in [9.17, 15) is 22.8 Å². The molecule has 12 heteroatoms. The van der Waals surface area contributed by atoms with Crippen molar-refractivity contribution in [3.8, 4) is 0 Å². The second-order valence-electron chi connectivity index (χ2n) is 7.72. The van der Waals surface area contributed by atoms with Gasteiger partial charge in [0, 0.05) is 33.8 Å². The quantitative estimate of drug-likeness (QED) is 0.301. The molecule has 1 aliphatic rings. The summed E-state index contributed by atoms with van der Waals surface area (Å²) in [4.78, 5) is 25.5. The third-order valence-corrected chi connectivity index (χ3v) is 7.01. The van der Waals surface area contributed by atoms with Gasteiger partial charge in [-0.15, -0.1) is 23.2 Å². The summed E-state index contributed by atoms with van der Waals surface area (Å²) in [5.41, 5.74) is -0.336. The molecule has 4 nitrogen and oxygen atoms in total. The third kappa shape index (κ3) is 5.34. The van der Waals surface area contributed by atoms with Gasteiger partial charge in [-0.3, -0.25) is 9.59 Å². The van der Waals surface area contributed by atoms with Gasteiger partial charge in [-0.1, -0.05) is 34.8 Å². The van der Waals surface area contributed by atoms with Crippen LogP contribution < -0.4 is 10.6 Å². The smallest absolute Gasteiger partial charge is 0.257 e. The van der Waals surface area contributed by atoms with Crippen molar-refractivity contribution < 1.29 is 22.8 Å². The number of carbonyl (C=O) groups is 2. The van der Waals surface area contributed by atoms with Crippen LogP contribution in [0.3, 0.4) is 0 Å². The molecule has 0 aliphatic heterocycles. The molecule has 3 aromatic rings. The molecule has 0 spiro atoms. The van der Waals surface area contributed by atoms with Crippen LogP contribution in [0.4, 0.5) is 24.5 Å². The van der Waals surface area contributed by atoms with E-state index in [0.29, 0.717) is 27.7 Å². The molecule has 1 aliphatic carbocycles. The predicted octanol–water partition coefficient (Wildman–Crippen LogP) is 7.84. The Labute approximate surface area is 222 Å². The average molecular weight is 583 g/mol. The Bertz CT molecular complexity index is 1330. The summed E-state index contributed by atoms with van der Waals surface area (Å²) in [5, 5.41) is 5.24. The topological polar surface area (TPSA) is 58.2 Å². The number of alkyl halides is 2. The maximum atomic E-state index is 13.9. The Morgan fingerprint density at radius 1 is 0.829 bits per heavy atom. The third-order valence-electron chi connectivity index (χ3n) is 5.30. The molecule has 2 unspecified atom stereocenters. The summed E-state index contributed by atoms with van der Waals surface area (Å²) in [6.07, 6.45) is 0. The molecular weight excluding hydrogens is 571 g/mol. The molecule has 35 heavy (non-hydrogen) atoms. The molecule has 4 rings (SSSR count). The van der Waals surface area contributed by atoms with Crippen LogP contribution >= 0.6 is 58.0 Å². The molecule has 0 heterocycles. The number of amides is 2. The first kappa shape index (κ1) is 25.9. The van der Waals surface area contributed by atoms with Gasteiger partial charge in [0.05, 0.1) is 16.5 Å². The Kier molecular flexibility index (Phi) is 7.19. The zero-order valence-electron chi connectivity index (χ0n) is 17.1. The molecule has 2 amide bonds. The molecule has 2 atom stereocenters. The summed E-state index contributed by atoms with van der Waals surface area (Å²) in [6.45, 7) is 0. The highest BCUT2D eigenvalue weighted by Gasteiger charge is 2.67. The van der Waals surface area contributed by atoms with Crippen LogP contribution in [-0.2, 0) is 4.79 Å². The molecule has 1 fully saturated rings. The summed E-state index contributed by atoms with van der Waals surface area (Å²) >= 11 is 30.8. The van der Waals surface area contributed by atoms with Gasteiger partial charge in [0.25, 0.3) is 5.91 Å². The normalized spacial score (nSPS) is 18.2. The molecule has 0 aromatic heterocycles. The number of anilines is 2. The summed E-state index contributed by atoms with van der Waals surface area (Å²) in [6, 6.07) is 9.48. The average Bonchev–Trinajstić information content (AvgIpc) is 3.33.